The van der Waals surface area contributed by atoms with Gasteiger partial charge in [-0.25, -0.2) is 0 Å². The number of hydrogen-bond acceptors (Lipinski definition) is 1. The van der Waals surface area contributed by atoms with E-state index in [1.807, 2.05) is 0 Å². The molecule has 17 heavy (non-hydrogen) atoms. The molecule has 1 N–H and O–H groups in total. The summed E-state index contributed by atoms with van der Waals surface area (Å²) in [5, 5.41) is 3.76. The first-order valence-electron chi connectivity index (χ1n) is 6.99. The summed E-state index contributed by atoms with van der Waals surface area (Å²) < 4.78 is 0. The van der Waals surface area contributed by atoms with E-state index in [1.165, 1.54) is 36.8 Å². The molecule has 1 fully saturated rings. The lowest BCUT2D eigenvalue weighted by Gasteiger charge is -2.25. The molecule has 2 rings (SSSR count). The first-order valence-corrected chi connectivity index (χ1v) is 6.99. The van der Waals surface area contributed by atoms with Crippen molar-refractivity contribution in [2.24, 2.45) is 5.92 Å². The van der Waals surface area contributed by atoms with Crippen LogP contribution in [0.4, 0.5) is 0 Å². The van der Waals surface area contributed by atoms with Crippen molar-refractivity contribution in [3.8, 4) is 0 Å². The van der Waals surface area contributed by atoms with E-state index in [0.717, 1.165) is 5.92 Å². The van der Waals surface area contributed by atoms with E-state index < -0.39 is 0 Å². The highest BCUT2D eigenvalue weighted by atomic mass is 14.9. The second kappa shape index (κ2) is 5.68. The molecule has 1 aliphatic carbocycles. The number of hydrogen-bond donors (Lipinski definition) is 1. The van der Waals surface area contributed by atoms with Gasteiger partial charge in [0.1, 0.15) is 0 Å². The van der Waals surface area contributed by atoms with E-state index in [9.17, 15) is 0 Å². The molecule has 0 saturated heterocycles. The Morgan fingerprint density at radius 1 is 1.06 bits per heavy atom. The monoisotopic (exact) mass is 231 g/mol. The summed E-state index contributed by atoms with van der Waals surface area (Å²) in [7, 11) is 0. The molecule has 0 aliphatic heterocycles. The maximum atomic E-state index is 3.76. The third-order valence-corrected chi connectivity index (χ3v) is 4.20. The lowest BCUT2D eigenvalue weighted by molar-refractivity contribution is 0.352. The van der Waals surface area contributed by atoms with Gasteiger partial charge in [0.2, 0.25) is 0 Å². The van der Waals surface area contributed by atoms with Crippen molar-refractivity contribution >= 4 is 0 Å². The molecule has 2 unspecified atom stereocenters. The van der Waals surface area contributed by atoms with Gasteiger partial charge in [0.05, 0.1) is 0 Å². The summed E-state index contributed by atoms with van der Waals surface area (Å²) in [5.41, 5.74) is 2.74. The number of rotatable bonds is 4. The van der Waals surface area contributed by atoms with E-state index in [0.29, 0.717) is 12.1 Å². The zero-order valence-corrected chi connectivity index (χ0v) is 11.4. The van der Waals surface area contributed by atoms with Gasteiger partial charge in [-0.3, -0.25) is 0 Å². The first-order chi connectivity index (χ1) is 8.16. The van der Waals surface area contributed by atoms with Gasteiger partial charge >= 0.3 is 0 Å². The average Bonchev–Trinajstić information content (AvgIpc) is 2.83. The van der Waals surface area contributed by atoms with Crippen LogP contribution in [0.15, 0.2) is 24.3 Å². The summed E-state index contributed by atoms with van der Waals surface area (Å²) in [6, 6.07) is 10.0. The molecule has 1 nitrogen and oxygen atoms in total. The van der Waals surface area contributed by atoms with E-state index in [2.05, 4.69) is 50.4 Å². The Morgan fingerprint density at radius 2 is 1.65 bits per heavy atom. The van der Waals surface area contributed by atoms with Crippen molar-refractivity contribution in [3.63, 3.8) is 0 Å². The van der Waals surface area contributed by atoms with E-state index >= 15 is 0 Å². The summed E-state index contributed by atoms with van der Waals surface area (Å²) in [4.78, 5) is 0. The molecule has 1 aromatic rings. The third kappa shape index (κ3) is 3.32. The van der Waals surface area contributed by atoms with Crippen LogP contribution in [0.25, 0.3) is 0 Å². The fraction of sp³-hybridized carbons (Fsp3) is 0.625. The SMILES string of the molecule is Cc1ccc(C(C)NC(C)C2CCCC2)cc1. The van der Waals surface area contributed by atoms with Crippen molar-refractivity contribution in [2.45, 2.75) is 58.5 Å². The van der Waals surface area contributed by atoms with Gasteiger partial charge in [-0.15, -0.1) is 0 Å². The van der Waals surface area contributed by atoms with Crippen molar-refractivity contribution in [3.05, 3.63) is 35.4 Å². The van der Waals surface area contributed by atoms with Crippen LogP contribution in [-0.4, -0.2) is 6.04 Å². The van der Waals surface area contributed by atoms with Crippen LogP contribution in [0.5, 0.6) is 0 Å². The quantitative estimate of drug-likeness (QED) is 0.818. The van der Waals surface area contributed by atoms with Crippen LogP contribution in [-0.2, 0) is 0 Å². The summed E-state index contributed by atoms with van der Waals surface area (Å²) >= 11 is 0. The highest BCUT2D eigenvalue weighted by molar-refractivity contribution is 5.23. The minimum absolute atomic E-state index is 0.464. The van der Waals surface area contributed by atoms with Crippen LogP contribution in [0.2, 0.25) is 0 Å². The Balaban J connectivity index is 1.91. The zero-order valence-electron chi connectivity index (χ0n) is 11.4. The molecular formula is C16H25N. The second-order valence-electron chi connectivity index (χ2n) is 5.63. The van der Waals surface area contributed by atoms with Gasteiger partial charge in [0, 0.05) is 12.1 Å². The normalized spacial score (nSPS) is 20.4. The average molecular weight is 231 g/mol. The Morgan fingerprint density at radius 3 is 2.24 bits per heavy atom. The van der Waals surface area contributed by atoms with Crippen LogP contribution in [0, 0.1) is 12.8 Å². The molecule has 2 atom stereocenters. The van der Waals surface area contributed by atoms with Gasteiger partial charge < -0.3 is 5.32 Å². The number of benzene rings is 1. The van der Waals surface area contributed by atoms with Crippen molar-refractivity contribution in [2.75, 3.05) is 0 Å². The lowest BCUT2D eigenvalue weighted by Crippen LogP contribution is -2.34. The van der Waals surface area contributed by atoms with Crippen molar-refractivity contribution in [1.29, 1.82) is 0 Å². The van der Waals surface area contributed by atoms with E-state index in [4.69, 9.17) is 0 Å². The van der Waals surface area contributed by atoms with Gasteiger partial charge in [-0.2, -0.15) is 0 Å². The maximum absolute atomic E-state index is 3.76. The van der Waals surface area contributed by atoms with Crippen LogP contribution in [0.3, 0.4) is 0 Å². The fourth-order valence-corrected chi connectivity index (χ4v) is 2.94. The molecule has 0 heterocycles. The Labute approximate surface area is 106 Å². The van der Waals surface area contributed by atoms with Crippen LogP contribution >= 0.6 is 0 Å². The summed E-state index contributed by atoms with van der Waals surface area (Å²) in [6.07, 6.45) is 5.68. The Hall–Kier alpha value is -0.820. The van der Waals surface area contributed by atoms with Gasteiger partial charge in [-0.1, -0.05) is 42.7 Å². The van der Waals surface area contributed by atoms with Crippen molar-refractivity contribution in [1.82, 2.24) is 5.32 Å². The first kappa shape index (κ1) is 12.6. The predicted octanol–water partition coefficient (Wildman–Crippen LogP) is 4.22. The van der Waals surface area contributed by atoms with Gasteiger partial charge in [0.15, 0.2) is 0 Å². The Kier molecular flexibility index (Phi) is 4.22. The van der Waals surface area contributed by atoms with Gasteiger partial charge in [0.25, 0.3) is 0 Å². The third-order valence-electron chi connectivity index (χ3n) is 4.20. The molecule has 1 aromatic carbocycles. The standard InChI is InChI=1S/C16H25N/c1-12-8-10-16(11-9-12)14(3)17-13(2)15-6-4-5-7-15/h8-11,13-15,17H,4-7H2,1-3H3. The van der Waals surface area contributed by atoms with E-state index in [1.54, 1.807) is 0 Å². The number of nitrogens with one attached hydrogen (secondary N) is 1. The molecule has 0 spiro atoms. The van der Waals surface area contributed by atoms with Crippen LogP contribution in [0.1, 0.15) is 56.7 Å². The molecule has 0 radical (unpaired) electrons. The maximum Gasteiger partial charge on any atom is 0.0294 e. The summed E-state index contributed by atoms with van der Waals surface area (Å²) in [5.74, 6) is 0.892. The molecule has 0 aromatic heterocycles. The minimum atomic E-state index is 0.464. The van der Waals surface area contributed by atoms with E-state index in [-0.39, 0.29) is 0 Å². The van der Waals surface area contributed by atoms with Crippen LogP contribution < -0.4 is 5.32 Å². The predicted molar refractivity (Wildman–Crippen MR) is 74.1 cm³/mol. The number of aryl methyl sites for hydroxylation is 1. The fourth-order valence-electron chi connectivity index (χ4n) is 2.94. The molecule has 0 bridgehead atoms. The molecular weight excluding hydrogens is 206 g/mol. The highest BCUT2D eigenvalue weighted by Crippen LogP contribution is 2.28. The molecule has 0 amide bonds. The molecule has 1 heteroatoms. The smallest absolute Gasteiger partial charge is 0.0294 e. The van der Waals surface area contributed by atoms with Crippen molar-refractivity contribution < 1.29 is 0 Å². The Bertz CT molecular complexity index is 335. The minimum Gasteiger partial charge on any atom is -0.307 e. The molecule has 94 valence electrons. The highest BCUT2D eigenvalue weighted by Gasteiger charge is 2.22. The second-order valence-corrected chi connectivity index (χ2v) is 5.63. The molecule has 1 saturated carbocycles. The lowest BCUT2D eigenvalue weighted by atomic mass is 9.97. The largest absolute Gasteiger partial charge is 0.307 e. The zero-order chi connectivity index (χ0) is 12.3. The van der Waals surface area contributed by atoms with Gasteiger partial charge in [-0.05, 0) is 45.1 Å². The molecule has 1 aliphatic rings. The summed E-state index contributed by atoms with van der Waals surface area (Å²) in [6.45, 7) is 6.76. The topological polar surface area (TPSA) is 12.0 Å².